The highest BCUT2D eigenvalue weighted by atomic mass is 35.5. The molecule has 132 valence electrons. The van der Waals surface area contributed by atoms with Gasteiger partial charge in [-0.3, -0.25) is 4.79 Å². The minimum Gasteiger partial charge on any atom is -0.333 e. The molecule has 6 heteroatoms. The highest BCUT2D eigenvalue weighted by Crippen LogP contribution is 2.25. The van der Waals surface area contributed by atoms with Gasteiger partial charge in [-0.15, -0.1) is 0 Å². The van der Waals surface area contributed by atoms with Gasteiger partial charge in [0.2, 0.25) is 5.91 Å². The number of nitrogens with one attached hydrogen (secondary N) is 1. The first-order valence-electron chi connectivity index (χ1n) is 8.25. The minimum absolute atomic E-state index is 0.0739. The Labute approximate surface area is 150 Å². The second-order valence-corrected chi connectivity index (χ2v) is 6.51. The molecule has 2 aromatic carbocycles. The van der Waals surface area contributed by atoms with E-state index in [0.717, 1.165) is 11.6 Å². The fourth-order valence-electron chi connectivity index (χ4n) is 3.14. The fourth-order valence-corrected chi connectivity index (χ4v) is 3.34. The third kappa shape index (κ3) is 4.17. The first-order chi connectivity index (χ1) is 12.1. The molecule has 1 heterocycles. The SMILES string of the molecule is O=C(CCc1cccc(F)c1F)N1CCNCC1c1cccc(Cl)c1. The Kier molecular flexibility index (Phi) is 5.66. The molecular weight excluding hydrogens is 346 g/mol. The number of nitrogens with zero attached hydrogens (tertiary/aromatic N) is 1. The average Bonchev–Trinajstić information content (AvgIpc) is 2.63. The van der Waals surface area contributed by atoms with Gasteiger partial charge in [0.1, 0.15) is 0 Å². The zero-order valence-corrected chi connectivity index (χ0v) is 14.4. The maximum absolute atomic E-state index is 13.8. The van der Waals surface area contributed by atoms with Gasteiger partial charge in [0.05, 0.1) is 6.04 Å². The summed E-state index contributed by atoms with van der Waals surface area (Å²) in [5, 5.41) is 3.90. The van der Waals surface area contributed by atoms with E-state index in [1.165, 1.54) is 12.1 Å². The maximum atomic E-state index is 13.8. The predicted molar refractivity (Wildman–Crippen MR) is 93.5 cm³/mol. The molecule has 1 atom stereocenters. The molecule has 0 bridgehead atoms. The number of carbonyl (C=O) groups excluding carboxylic acids is 1. The number of aryl methyl sites for hydroxylation is 1. The van der Waals surface area contributed by atoms with Gasteiger partial charge in [0, 0.05) is 31.1 Å². The molecule has 1 aliphatic heterocycles. The van der Waals surface area contributed by atoms with Gasteiger partial charge in [0.15, 0.2) is 11.6 Å². The van der Waals surface area contributed by atoms with Crippen LogP contribution in [-0.4, -0.2) is 30.4 Å². The van der Waals surface area contributed by atoms with Crippen molar-refractivity contribution in [2.45, 2.75) is 18.9 Å². The van der Waals surface area contributed by atoms with E-state index in [2.05, 4.69) is 5.32 Å². The number of hydrogen-bond acceptors (Lipinski definition) is 2. The Morgan fingerprint density at radius 2 is 2.04 bits per heavy atom. The van der Waals surface area contributed by atoms with Crippen molar-refractivity contribution in [2.24, 2.45) is 0 Å². The van der Waals surface area contributed by atoms with Crippen molar-refractivity contribution in [1.29, 1.82) is 0 Å². The number of benzene rings is 2. The van der Waals surface area contributed by atoms with E-state index in [0.29, 0.717) is 24.7 Å². The van der Waals surface area contributed by atoms with Gasteiger partial charge in [0.25, 0.3) is 0 Å². The van der Waals surface area contributed by atoms with Crippen LogP contribution in [0.2, 0.25) is 5.02 Å². The third-order valence-corrected chi connectivity index (χ3v) is 4.67. The molecule has 0 aliphatic carbocycles. The van der Waals surface area contributed by atoms with Gasteiger partial charge < -0.3 is 10.2 Å². The van der Waals surface area contributed by atoms with E-state index in [-0.39, 0.29) is 30.4 Å². The summed E-state index contributed by atoms with van der Waals surface area (Å²) in [5.41, 5.74) is 1.19. The summed E-state index contributed by atoms with van der Waals surface area (Å²) in [6, 6.07) is 11.4. The van der Waals surface area contributed by atoms with E-state index in [9.17, 15) is 13.6 Å². The lowest BCUT2D eigenvalue weighted by Crippen LogP contribution is -2.48. The number of halogens is 3. The monoisotopic (exact) mass is 364 g/mol. The Bertz CT molecular complexity index is 769. The lowest BCUT2D eigenvalue weighted by Gasteiger charge is -2.36. The van der Waals surface area contributed by atoms with Crippen LogP contribution in [0.3, 0.4) is 0 Å². The molecule has 1 N–H and O–H groups in total. The summed E-state index contributed by atoms with van der Waals surface area (Å²) in [7, 11) is 0. The van der Waals surface area contributed by atoms with Crippen molar-refractivity contribution in [3.05, 3.63) is 70.2 Å². The van der Waals surface area contributed by atoms with Crippen LogP contribution in [0.15, 0.2) is 42.5 Å². The summed E-state index contributed by atoms with van der Waals surface area (Å²) in [6.07, 6.45) is 0.312. The minimum atomic E-state index is -0.885. The second-order valence-electron chi connectivity index (χ2n) is 6.08. The molecule has 1 fully saturated rings. The van der Waals surface area contributed by atoms with Gasteiger partial charge in [-0.2, -0.15) is 0 Å². The van der Waals surface area contributed by atoms with Crippen molar-refractivity contribution in [1.82, 2.24) is 10.2 Å². The van der Waals surface area contributed by atoms with Crippen molar-refractivity contribution in [3.63, 3.8) is 0 Å². The number of piperazine rings is 1. The molecule has 25 heavy (non-hydrogen) atoms. The van der Waals surface area contributed by atoms with Crippen LogP contribution in [0.1, 0.15) is 23.6 Å². The largest absolute Gasteiger partial charge is 0.333 e. The zero-order valence-electron chi connectivity index (χ0n) is 13.6. The molecule has 0 aromatic heterocycles. The lowest BCUT2D eigenvalue weighted by molar-refractivity contribution is -0.134. The number of hydrogen-bond donors (Lipinski definition) is 1. The third-order valence-electron chi connectivity index (χ3n) is 4.44. The molecule has 1 saturated heterocycles. The highest BCUT2D eigenvalue weighted by molar-refractivity contribution is 6.30. The van der Waals surface area contributed by atoms with Gasteiger partial charge in [-0.05, 0) is 35.7 Å². The highest BCUT2D eigenvalue weighted by Gasteiger charge is 2.27. The second kappa shape index (κ2) is 7.93. The molecular formula is C19H19ClF2N2O. The number of rotatable bonds is 4. The van der Waals surface area contributed by atoms with E-state index in [4.69, 9.17) is 11.6 Å². The maximum Gasteiger partial charge on any atom is 0.223 e. The molecule has 1 amide bonds. The van der Waals surface area contributed by atoms with Crippen LogP contribution in [-0.2, 0) is 11.2 Å². The Hall–Kier alpha value is -1.98. The van der Waals surface area contributed by atoms with Crippen molar-refractivity contribution in [3.8, 4) is 0 Å². The molecule has 1 aliphatic rings. The lowest BCUT2D eigenvalue weighted by atomic mass is 10.0. The summed E-state index contributed by atoms with van der Waals surface area (Å²) in [5.74, 6) is -1.83. The number of carbonyl (C=O) groups is 1. The topological polar surface area (TPSA) is 32.3 Å². The summed E-state index contributed by atoms with van der Waals surface area (Å²) >= 11 is 6.06. The molecule has 2 aromatic rings. The molecule has 0 spiro atoms. The number of amides is 1. The first kappa shape index (κ1) is 17.8. The van der Waals surface area contributed by atoms with E-state index < -0.39 is 11.6 Å². The Balaban J connectivity index is 1.72. The smallest absolute Gasteiger partial charge is 0.223 e. The van der Waals surface area contributed by atoms with E-state index in [1.807, 2.05) is 18.2 Å². The average molecular weight is 365 g/mol. The van der Waals surface area contributed by atoms with Crippen molar-refractivity contribution in [2.75, 3.05) is 19.6 Å². The zero-order chi connectivity index (χ0) is 17.8. The van der Waals surface area contributed by atoms with Crippen LogP contribution in [0.5, 0.6) is 0 Å². The van der Waals surface area contributed by atoms with Gasteiger partial charge >= 0.3 is 0 Å². The van der Waals surface area contributed by atoms with Crippen LogP contribution in [0.4, 0.5) is 8.78 Å². The quantitative estimate of drug-likeness (QED) is 0.896. The van der Waals surface area contributed by atoms with Crippen LogP contribution >= 0.6 is 11.6 Å². The van der Waals surface area contributed by atoms with Crippen LogP contribution in [0, 0.1) is 11.6 Å². The van der Waals surface area contributed by atoms with Crippen molar-refractivity contribution < 1.29 is 13.6 Å². The Morgan fingerprint density at radius 1 is 1.24 bits per heavy atom. The summed E-state index contributed by atoms with van der Waals surface area (Å²) in [4.78, 5) is 14.5. The van der Waals surface area contributed by atoms with Crippen molar-refractivity contribution >= 4 is 17.5 Å². The summed E-state index contributed by atoms with van der Waals surface area (Å²) < 4.78 is 27.0. The Morgan fingerprint density at radius 3 is 2.84 bits per heavy atom. The molecule has 3 nitrogen and oxygen atoms in total. The molecule has 1 unspecified atom stereocenters. The van der Waals surface area contributed by atoms with Gasteiger partial charge in [-0.1, -0.05) is 35.9 Å². The molecule has 0 saturated carbocycles. The fraction of sp³-hybridized carbons (Fsp3) is 0.316. The standard InChI is InChI=1S/C19H19ClF2N2O/c20-15-5-1-4-14(11-15)17-12-23-9-10-24(17)18(25)8-7-13-3-2-6-16(21)19(13)22/h1-6,11,17,23H,7-10,12H2. The van der Waals surface area contributed by atoms with Gasteiger partial charge in [-0.25, -0.2) is 8.78 Å². The van der Waals surface area contributed by atoms with Crippen LogP contribution in [0.25, 0.3) is 0 Å². The molecule has 0 radical (unpaired) electrons. The normalized spacial score (nSPS) is 17.6. The molecule has 3 rings (SSSR count). The van der Waals surface area contributed by atoms with E-state index >= 15 is 0 Å². The predicted octanol–water partition coefficient (Wildman–Crippen LogP) is 3.72. The van der Waals surface area contributed by atoms with E-state index in [1.54, 1.807) is 11.0 Å². The summed E-state index contributed by atoms with van der Waals surface area (Å²) in [6.45, 7) is 1.92. The first-order valence-corrected chi connectivity index (χ1v) is 8.62. The van der Waals surface area contributed by atoms with Crippen LogP contribution < -0.4 is 5.32 Å².